The van der Waals surface area contributed by atoms with Crippen molar-refractivity contribution in [1.82, 2.24) is 9.97 Å². The van der Waals surface area contributed by atoms with E-state index in [0.29, 0.717) is 40.6 Å². The maximum atomic E-state index is 13.4. The summed E-state index contributed by atoms with van der Waals surface area (Å²) in [5.74, 6) is 0.0756. The van der Waals surface area contributed by atoms with Crippen molar-refractivity contribution in [3.05, 3.63) is 117 Å². The van der Waals surface area contributed by atoms with Gasteiger partial charge >= 0.3 is 11.9 Å². The molecule has 2 N–H and O–H groups in total. The molecule has 0 aromatic carbocycles. The monoisotopic (exact) mass is 786 g/mol. The van der Waals surface area contributed by atoms with Gasteiger partial charge in [-0.2, -0.15) is 0 Å². The van der Waals surface area contributed by atoms with E-state index in [1.807, 2.05) is 96.2 Å². The van der Waals surface area contributed by atoms with Gasteiger partial charge in [-0.3, -0.25) is 0 Å². The van der Waals surface area contributed by atoms with Gasteiger partial charge in [0, 0.05) is 34.4 Å². The Morgan fingerprint density at radius 1 is 0.709 bits per heavy atom. The fraction of sp³-hybridized carbons (Fsp3) is 0.455. The van der Waals surface area contributed by atoms with Crippen LogP contribution < -0.4 is 0 Å². The Morgan fingerprint density at radius 3 is 1.67 bits per heavy atom. The average Bonchev–Trinajstić information content (AvgIpc) is 3.82. The summed E-state index contributed by atoms with van der Waals surface area (Å²) in [4.78, 5) is 35.7. The minimum atomic E-state index is -0.831. The van der Waals surface area contributed by atoms with E-state index in [4.69, 9.17) is 14.2 Å². The standard InChI is InChI=1S/C44H54N2O7S2/c1-8-16-35(47)43(4,5)37-22-14-19-30-28(3)29(30)18-10-12-24-39-45-32(26-54-39)42(50)53-38(44(6,7)36(48)17-9-2)23-15-21-34-33(51-34)20-11-13-25-40-46-31(27-55-40)41(49)52-37/h8-21,24-30,33-38,47-48H,22-23H2,1-7H3/b16-8+,17-9+,18-10+,19-14-,20-11+,21-15-,24-12-,25-13-/t28-,29+,30-,33-,34+,35-,36-,37-,38-/m0/s1. The lowest BCUT2D eigenvalue weighted by molar-refractivity contribution is -0.0461. The lowest BCUT2D eigenvalue weighted by atomic mass is 9.79. The number of hydrogen-bond donors (Lipinski definition) is 2. The average molecular weight is 787 g/mol. The largest absolute Gasteiger partial charge is 0.457 e. The molecule has 2 aromatic heterocycles. The zero-order valence-corrected chi connectivity index (χ0v) is 34.3. The van der Waals surface area contributed by atoms with Crippen molar-refractivity contribution in [1.29, 1.82) is 0 Å². The summed E-state index contributed by atoms with van der Waals surface area (Å²) in [7, 11) is 0. The fourth-order valence-electron chi connectivity index (χ4n) is 6.46. The third-order valence-electron chi connectivity index (χ3n) is 10.7. The number of carbonyl (C=O) groups is 2. The second-order valence-corrected chi connectivity index (χ2v) is 17.2. The number of esters is 2. The molecule has 1 saturated carbocycles. The van der Waals surface area contributed by atoms with Crippen molar-refractivity contribution in [2.24, 2.45) is 28.6 Å². The predicted molar refractivity (Wildman–Crippen MR) is 221 cm³/mol. The van der Waals surface area contributed by atoms with Crippen LogP contribution >= 0.6 is 22.7 Å². The van der Waals surface area contributed by atoms with Gasteiger partial charge in [-0.1, -0.05) is 120 Å². The maximum absolute atomic E-state index is 13.4. The number of rotatable bonds is 6. The summed E-state index contributed by atoms with van der Waals surface area (Å²) in [6.07, 6.45) is 28.3. The van der Waals surface area contributed by atoms with Crippen molar-refractivity contribution in [3.63, 3.8) is 0 Å². The van der Waals surface area contributed by atoms with Gasteiger partial charge < -0.3 is 24.4 Å². The number of ether oxygens (including phenoxy) is 3. The van der Waals surface area contributed by atoms with Crippen LogP contribution in [0, 0.1) is 28.6 Å². The van der Waals surface area contributed by atoms with Crippen molar-refractivity contribution in [3.8, 4) is 0 Å². The van der Waals surface area contributed by atoms with Gasteiger partial charge in [-0.25, -0.2) is 19.6 Å². The van der Waals surface area contributed by atoms with Gasteiger partial charge in [0.1, 0.15) is 34.4 Å². The number of epoxide rings is 1. The van der Waals surface area contributed by atoms with Gasteiger partial charge in [-0.05, 0) is 43.8 Å². The zero-order chi connectivity index (χ0) is 39.8. The van der Waals surface area contributed by atoms with E-state index in [0.717, 1.165) is 0 Å². The van der Waals surface area contributed by atoms with Crippen LogP contribution in [0.1, 0.15) is 92.3 Å². The Kier molecular flexibility index (Phi) is 14.4. The number of aromatic nitrogens is 2. The van der Waals surface area contributed by atoms with Crippen LogP contribution in [0.4, 0.5) is 0 Å². The van der Waals surface area contributed by atoms with E-state index in [2.05, 4.69) is 35.1 Å². The predicted octanol–water partition coefficient (Wildman–Crippen LogP) is 8.97. The second-order valence-electron chi connectivity index (χ2n) is 15.4. The van der Waals surface area contributed by atoms with Crippen LogP contribution in [0.3, 0.4) is 0 Å². The first-order chi connectivity index (χ1) is 26.3. The lowest BCUT2D eigenvalue weighted by Crippen LogP contribution is -2.42. The summed E-state index contributed by atoms with van der Waals surface area (Å²) in [5.41, 5.74) is -1.09. The second kappa shape index (κ2) is 18.8. The summed E-state index contributed by atoms with van der Waals surface area (Å²) in [6, 6.07) is 0. The molecule has 5 rings (SSSR count). The molecule has 2 fully saturated rings. The lowest BCUT2D eigenvalue weighted by Gasteiger charge is -2.36. The maximum Gasteiger partial charge on any atom is 0.358 e. The minimum absolute atomic E-state index is 0.108. The molecule has 3 aliphatic rings. The first-order valence-corrected chi connectivity index (χ1v) is 20.7. The minimum Gasteiger partial charge on any atom is -0.457 e. The van der Waals surface area contributed by atoms with Crippen LogP contribution in [0.15, 0.2) is 95.8 Å². The summed E-state index contributed by atoms with van der Waals surface area (Å²) in [6.45, 7) is 13.5. The van der Waals surface area contributed by atoms with Crippen molar-refractivity contribution in [2.45, 2.75) is 97.9 Å². The smallest absolute Gasteiger partial charge is 0.358 e. The number of carbonyl (C=O) groups excluding carboxylic acids is 2. The molecule has 0 spiro atoms. The van der Waals surface area contributed by atoms with Gasteiger partial charge in [0.15, 0.2) is 11.4 Å². The molecule has 9 atom stereocenters. The normalized spacial score (nSPS) is 31.5. The molecule has 0 amide bonds. The number of cyclic esters (lactones) is 2. The molecular weight excluding hydrogens is 733 g/mol. The van der Waals surface area contributed by atoms with Crippen LogP contribution in [-0.4, -0.2) is 68.7 Å². The molecular formula is C44H54N2O7S2. The molecule has 2 aliphatic heterocycles. The third kappa shape index (κ3) is 11.1. The van der Waals surface area contributed by atoms with E-state index >= 15 is 0 Å². The Balaban J connectivity index is 1.37. The molecule has 4 bridgehead atoms. The molecule has 9 nitrogen and oxygen atoms in total. The molecule has 0 unspecified atom stereocenters. The molecule has 1 aliphatic carbocycles. The quantitative estimate of drug-likeness (QED) is 0.167. The van der Waals surface area contributed by atoms with E-state index in [1.165, 1.54) is 22.7 Å². The highest BCUT2D eigenvalue weighted by Gasteiger charge is 2.43. The van der Waals surface area contributed by atoms with Gasteiger partial charge in [0.2, 0.25) is 0 Å². The molecule has 1 saturated heterocycles. The number of aliphatic hydroxyl groups is 2. The number of allylic oxidation sites excluding steroid dienone is 8. The van der Waals surface area contributed by atoms with Crippen LogP contribution in [0.2, 0.25) is 0 Å². The molecule has 2 aromatic rings. The Morgan fingerprint density at radius 2 is 1.16 bits per heavy atom. The molecule has 55 heavy (non-hydrogen) atoms. The van der Waals surface area contributed by atoms with Crippen LogP contribution in [0.25, 0.3) is 12.2 Å². The number of fused-ring (bicyclic) bond motifs is 6. The highest BCUT2D eigenvalue weighted by molar-refractivity contribution is 7.11. The molecule has 294 valence electrons. The summed E-state index contributed by atoms with van der Waals surface area (Å²) < 4.78 is 17.9. The van der Waals surface area contributed by atoms with E-state index in [-0.39, 0.29) is 23.6 Å². The Labute approximate surface area is 333 Å². The van der Waals surface area contributed by atoms with E-state index < -0.39 is 47.2 Å². The summed E-state index contributed by atoms with van der Waals surface area (Å²) >= 11 is 2.70. The number of nitrogens with zero attached hydrogens (tertiary/aromatic N) is 2. The number of hydrogen-bond acceptors (Lipinski definition) is 11. The molecule has 11 heteroatoms. The van der Waals surface area contributed by atoms with Gasteiger partial charge in [-0.15, -0.1) is 22.7 Å². The highest BCUT2D eigenvalue weighted by Crippen LogP contribution is 2.48. The van der Waals surface area contributed by atoms with Crippen molar-refractivity contribution >= 4 is 46.8 Å². The third-order valence-corrected chi connectivity index (χ3v) is 12.3. The van der Waals surface area contributed by atoms with Crippen LogP contribution in [0.5, 0.6) is 0 Å². The first-order valence-electron chi connectivity index (χ1n) is 18.9. The Hall–Kier alpha value is -4.00. The highest BCUT2D eigenvalue weighted by atomic mass is 32.1. The zero-order valence-electron chi connectivity index (χ0n) is 32.6. The molecule has 4 heterocycles. The summed E-state index contributed by atoms with van der Waals surface area (Å²) in [5, 5.41) is 26.6. The number of thiazole rings is 2. The molecule has 0 radical (unpaired) electrons. The van der Waals surface area contributed by atoms with E-state index in [1.54, 1.807) is 35.1 Å². The van der Waals surface area contributed by atoms with Crippen molar-refractivity contribution in [2.75, 3.05) is 0 Å². The fourth-order valence-corrected chi connectivity index (χ4v) is 7.84. The first kappa shape index (κ1) is 42.1. The Bertz CT molecular complexity index is 1880. The SMILES string of the molecule is C/C=C/[C@H](O)C(C)(C)[C@@H]1C/C=C\[C@H]2O[C@H]2/C=C/C=C\c2nc(cs2)C(=O)O[C@H](C(C)(C)[C@@H](O)/C=C/C)C/C=C\[C@H]2[C@@H](C)[C@H]2/C=C/C=C\c2nc(cs2)C(=O)O1. The number of aliphatic hydroxyl groups excluding tert-OH is 2. The van der Waals surface area contributed by atoms with Gasteiger partial charge in [0.05, 0.1) is 12.2 Å². The van der Waals surface area contributed by atoms with Crippen molar-refractivity contribution < 1.29 is 34.0 Å². The topological polar surface area (TPSA) is 131 Å². The van der Waals surface area contributed by atoms with Gasteiger partial charge in [0.25, 0.3) is 0 Å². The van der Waals surface area contributed by atoms with Crippen LogP contribution in [-0.2, 0) is 14.2 Å². The van der Waals surface area contributed by atoms with E-state index in [9.17, 15) is 19.8 Å².